The van der Waals surface area contributed by atoms with Gasteiger partial charge in [-0.05, 0) is 52.0 Å². The zero-order chi connectivity index (χ0) is 15.7. The van der Waals surface area contributed by atoms with E-state index in [1.54, 1.807) is 6.07 Å². The normalized spacial score (nSPS) is 23.5. The van der Waals surface area contributed by atoms with Gasteiger partial charge in [0.25, 0.3) is 5.91 Å². The zero-order valence-corrected chi connectivity index (χ0v) is 13.9. The molecule has 3 rings (SSSR count). The van der Waals surface area contributed by atoms with Crippen LogP contribution in [0.2, 0.25) is 0 Å². The van der Waals surface area contributed by atoms with Crippen LogP contribution in [0.15, 0.2) is 10.6 Å². The minimum absolute atomic E-state index is 0.134. The maximum absolute atomic E-state index is 12.4. The number of carbonyl (C=O) groups is 1. The zero-order valence-electron chi connectivity index (χ0n) is 13.9. The van der Waals surface area contributed by atoms with Gasteiger partial charge in [-0.2, -0.15) is 0 Å². The van der Waals surface area contributed by atoms with E-state index in [4.69, 9.17) is 4.52 Å². The van der Waals surface area contributed by atoms with E-state index in [9.17, 15) is 4.79 Å². The van der Waals surface area contributed by atoms with E-state index in [-0.39, 0.29) is 11.4 Å². The van der Waals surface area contributed by atoms with Gasteiger partial charge in [-0.1, -0.05) is 12.1 Å². The number of amides is 1. The largest absolute Gasteiger partial charge is 0.360 e. The Bertz CT molecular complexity index is 534. The van der Waals surface area contributed by atoms with E-state index in [1.807, 2.05) is 0 Å². The average molecular weight is 305 g/mol. The van der Waals surface area contributed by atoms with Crippen LogP contribution in [0.25, 0.3) is 0 Å². The van der Waals surface area contributed by atoms with Crippen molar-refractivity contribution in [2.45, 2.75) is 57.9 Å². The molecule has 0 bridgehead atoms. The molecule has 0 aromatic carbocycles. The number of hydrogen-bond acceptors (Lipinski definition) is 4. The summed E-state index contributed by atoms with van der Waals surface area (Å²) in [5.41, 5.74) is 0.134. The van der Waals surface area contributed by atoms with Crippen molar-refractivity contribution in [2.24, 2.45) is 5.92 Å². The first-order valence-electron chi connectivity index (χ1n) is 8.44. The van der Waals surface area contributed by atoms with Crippen molar-refractivity contribution < 1.29 is 9.32 Å². The second-order valence-electron chi connectivity index (χ2n) is 7.71. The van der Waals surface area contributed by atoms with Gasteiger partial charge >= 0.3 is 0 Å². The minimum Gasteiger partial charge on any atom is -0.360 e. The standard InChI is InChI=1S/C17H27N3O2/c1-12-5-4-8-20(10-12)11-17(2,3)18-16(21)14-9-15(22-19-14)13-6-7-13/h9,12-13H,4-8,10-11H2,1-3H3,(H,18,21)/t12-/m1/s1. The van der Waals surface area contributed by atoms with Crippen molar-refractivity contribution in [3.05, 3.63) is 17.5 Å². The summed E-state index contributed by atoms with van der Waals surface area (Å²) in [6.07, 6.45) is 4.86. The van der Waals surface area contributed by atoms with Gasteiger partial charge in [-0.15, -0.1) is 0 Å². The summed E-state index contributed by atoms with van der Waals surface area (Å²) in [6.45, 7) is 9.57. The molecule has 0 unspecified atom stereocenters. The lowest BCUT2D eigenvalue weighted by Gasteiger charge is -2.37. The predicted octanol–water partition coefficient (Wildman–Crippen LogP) is 2.79. The van der Waals surface area contributed by atoms with Crippen LogP contribution in [0, 0.1) is 5.92 Å². The first-order valence-corrected chi connectivity index (χ1v) is 8.44. The van der Waals surface area contributed by atoms with Crippen molar-refractivity contribution in [2.75, 3.05) is 19.6 Å². The van der Waals surface area contributed by atoms with Gasteiger partial charge in [-0.3, -0.25) is 4.79 Å². The van der Waals surface area contributed by atoms with E-state index < -0.39 is 0 Å². The maximum Gasteiger partial charge on any atom is 0.273 e. The first kappa shape index (κ1) is 15.5. The summed E-state index contributed by atoms with van der Waals surface area (Å²) >= 11 is 0. The van der Waals surface area contributed by atoms with Crippen molar-refractivity contribution in [1.29, 1.82) is 0 Å². The monoisotopic (exact) mass is 305 g/mol. The molecule has 122 valence electrons. The molecule has 1 amide bonds. The third kappa shape index (κ3) is 3.88. The van der Waals surface area contributed by atoms with Crippen molar-refractivity contribution in [3.8, 4) is 0 Å². The third-order valence-corrected chi connectivity index (χ3v) is 4.55. The number of carbonyl (C=O) groups excluding carboxylic acids is 1. The van der Waals surface area contributed by atoms with Crippen molar-refractivity contribution in [1.82, 2.24) is 15.4 Å². The van der Waals surface area contributed by atoms with Crippen molar-refractivity contribution in [3.63, 3.8) is 0 Å². The van der Waals surface area contributed by atoms with Crippen LogP contribution in [-0.2, 0) is 0 Å². The van der Waals surface area contributed by atoms with Gasteiger partial charge in [-0.25, -0.2) is 0 Å². The lowest BCUT2D eigenvalue weighted by molar-refractivity contribution is 0.0854. The van der Waals surface area contributed by atoms with Crippen LogP contribution >= 0.6 is 0 Å². The van der Waals surface area contributed by atoms with E-state index in [0.29, 0.717) is 11.6 Å². The summed E-state index contributed by atoms with van der Waals surface area (Å²) in [5, 5.41) is 7.02. The molecule has 2 heterocycles. The van der Waals surface area contributed by atoms with Gasteiger partial charge in [0, 0.05) is 30.6 Å². The third-order valence-electron chi connectivity index (χ3n) is 4.55. The number of rotatable bonds is 5. The molecule has 1 aromatic rings. The van der Waals surface area contributed by atoms with Crippen LogP contribution in [0.5, 0.6) is 0 Å². The Hall–Kier alpha value is -1.36. The predicted molar refractivity (Wildman–Crippen MR) is 84.9 cm³/mol. The van der Waals surface area contributed by atoms with Crippen LogP contribution in [0.4, 0.5) is 0 Å². The number of nitrogens with zero attached hydrogens (tertiary/aromatic N) is 2. The maximum atomic E-state index is 12.4. The molecule has 0 spiro atoms. The van der Waals surface area contributed by atoms with E-state index in [1.165, 1.54) is 12.8 Å². The highest BCUT2D eigenvalue weighted by Gasteiger charge is 2.31. The molecule has 1 aliphatic heterocycles. The number of piperidine rings is 1. The van der Waals surface area contributed by atoms with Crippen LogP contribution < -0.4 is 5.32 Å². The minimum atomic E-state index is -0.271. The van der Waals surface area contributed by atoms with Gasteiger partial charge < -0.3 is 14.7 Å². The molecule has 0 radical (unpaired) electrons. The number of likely N-dealkylation sites (tertiary alicyclic amines) is 1. The summed E-state index contributed by atoms with van der Waals surface area (Å²) < 4.78 is 5.27. The van der Waals surface area contributed by atoms with E-state index in [0.717, 1.165) is 44.2 Å². The smallest absolute Gasteiger partial charge is 0.273 e. The molecule has 2 aliphatic rings. The topological polar surface area (TPSA) is 58.4 Å². The molecule has 1 saturated heterocycles. The summed E-state index contributed by atoms with van der Waals surface area (Å²) in [6, 6.07) is 1.80. The molecular formula is C17H27N3O2. The van der Waals surface area contributed by atoms with E-state index in [2.05, 4.69) is 36.1 Å². The second kappa shape index (κ2) is 6.03. The van der Waals surface area contributed by atoms with Gasteiger partial charge in [0.2, 0.25) is 0 Å². The molecule has 1 aliphatic carbocycles. The molecule has 22 heavy (non-hydrogen) atoms. The summed E-state index contributed by atoms with van der Waals surface area (Å²) in [7, 11) is 0. The van der Waals surface area contributed by atoms with Crippen LogP contribution in [0.3, 0.4) is 0 Å². The number of aromatic nitrogens is 1. The summed E-state index contributed by atoms with van der Waals surface area (Å²) in [4.78, 5) is 14.8. The van der Waals surface area contributed by atoms with E-state index >= 15 is 0 Å². The van der Waals surface area contributed by atoms with Gasteiger partial charge in [0.15, 0.2) is 5.69 Å². The highest BCUT2D eigenvalue weighted by molar-refractivity contribution is 5.92. The Morgan fingerprint density at radius 1 is 1.45 bits per heavy atom. The molecule has 5 heteroatoms. The number of nitrogens with one attached hydrogen (secondary N) is 1. The van der Waals surface area contributed by atoms with Crippen molar-refractivity contribution >= 4 is 5.91 Å². The lowest BCUT2D eigenvalue weighted by atomic mass is 9.97. The Labute approximate surface area is 132 Å². The van der Waals surface area contributed by atoms with Gasteiger partial charge in [0.1, 0.15) is 5.76 Å². The number of hydrogen-bond donors (Lipinski definition) is 1. The fraction of sp³-hybridized carbons (Fsp3) is 0.765. The average Bonchev–Trinajstić information content (AvgIpc) is 3.15. The molecule has 1 aromatic heterocycles. The molecule has 1 N–H and O–H groups in total. The lowest BCUT2D eigenvalue weighted by Crippen LogP contribution is -2.53. The molecule has 1 atom stereocenters. The highest BCUT2D eigenvalue weighted by Crippen LogP contribution is 2.40. The molecule has 1 saturated carbocycles. The fourth-order valence-corrected chi connectivity index (χ4v) is 3.36. The first-order chi connectivity index (χ1) is 10.4. The van der Waals surface area contributed by atoms with Crippen LogP contribution in [0.1, 0.15) is 68.6 Å². The highest BCUT2D eigenvalue weighted by atomic mass is 16.5. The second-order valence-corrected chi connectivity index (χ2v) is 7.71. The van der Waals surface area contributed by atoms with Gasteiger partial charge in [0.05, 0.1) is 0 Å². The Kier molecular flexibility index (Phi) is 4.26. The Morgan fingerprint density at radius 2 is 2.23 bits per heavy atom. The molecule has 5 nitrogen and oxygen atoms in total. The molecular weight excluding hydrogens is 278 g/mol. The SMILES string of the molecule is C[C@@H]1CCCN(CC(C)(C)NC(=O)c2cc(C3CC3)on2)C1. The Balaban J connectivity index is 1.56. The quantitative estimate of drug-likeness (QED) is 0.909. The van der Waals surface area contributed by atoms with Crippen LogP contribution in [-0.4, -0.2) is 41.1 Å². The summed E-state index contributed by atoms with van der Waals surface area (Å²) in [5.74, 6) is 1.95. The molecule has 2 fully saturated rings. The Morgan fingerprint density at radius 3 is 2.91 bits per heavy atom. The fourth-order valence-electron chi connectivity index (χ4n) is 3.36.